The Hall–Kier alpha value is -2.75. The number of carbonyl (C=O) groups excluding carboxylic acids is 1. The van der Waals surface area contributed by atoms with Gasteiger partial charge in [0.2, 0.25) is 0 Å². The van der Waals surface area contributed by atoms with E-state index >= 15 is 0 Å². The maximum Gasteiger partial charge on any atom is 0.286 e. The van der Waals surface area contributed by atoms with E-state index in [-0.39, 0.29) is 16.3 Å². The maximum atomic E-state index is 12.8. The van der Waals surface area contributed by atoms with Gasteiger partial charge in [-0.1, -0.05) is 29.0 Å². The number of carbonyl (C=O) groups is 1. The van der Waals surface area contributed by atoms with Crippen LogP contribution in [-0.4, -0.2) is 35.7 Å². The number of benzene rings is 2. The van der Waals surface area contributed by atoms with Gasteiger partial charge in [-0.3, -0.25) is 14.9 Å². The lowest BCUT2D eigenvalue weighted by Crippen LogP contribution is -2.20. The highest BCUT2D eigenvalue weighted by atomic mass is 35.5. The van der Waals surface area contributed by atoms with Crippen molar-refractivity contribution >= 4 is 44.7 Å². The fraction of sp³-hybridized carbons (Fsp3) is 0.263. The normalized spacial score (nSPS) is 11.8. The average molecular weight is 436 g/mol. The molecule has 10 heteroatoms. The van der Waals surface area contributed by atoms with Crippen molar-refractivity contribution in [3.8, 4) is 5.75 Å². The summed E-state index contributed by atoms with van der Waals surface area (Å²) in [6.45, 7) is 3.31. The minimum Gasteiger partial charge on any atom is -0.495 e. The zero-order valence-corrected chi connectivity index (χ0v) is 17.3. The number of amides is 1. The fourth-order valence-corrected chi connectivity index (χ4v) is 4.09. The van der Waals surface area contributed by atoms with Crippen LogP contribution in [0.2, 0.25) is 5.02 Å². The third-order valence-corrected chi connectivity index (χ3v) is 5.41. The molecule has 0 aliphatic heterocycles. The van der Waals surface area contributed by atoms with Crippen molar-refractivity contribution in [3.63, 3.8) is 0 Å². The largest absolute Gasteiger partial charge is 0.495 e. The number of halogens is 1. The highest BCUT2D eigenvalue weighted by Gasteiger charge is 2.21. The van der Waals surface area contributed by atoms with Gasteiger partial charge in [-0.25, -0.2) is 0 Å². The SMILES string of the molecule is CCOCCn1c(=NC(=O)c2cc(Cl)ccc2[N+](=O)[O-])sc2cccc(OC)c21. The molecule has 1 heterocycles. The van der Waals surface area contributed by atoms with Crippen molar-refractivity contribution in [2.45, 2.75) is 13.5 Å². The lowest BCUT2D eigenvalue weighted by Gasteiger charge is -2.08. The summed E-state index contributed by atoms with van der Waals surface area (Å²) in [6, 6.07) is 9.37. The van der Waals surface area contributed by atoms with E-state index in [1.54, 1.807) is 7.11 Å². The smallest absolute Gasteiger partial charge is 0.286 e. The van der Waals surface area contributed by atoms with E-state index < -0.39 is 10.8 Å². The molecule has 3 aromatic rings. The maximum absolute atomic E-state index is 12.8. The molecule has 29 heavy (non-hydrogen) atoms. The molecule has 0 saturated heterocycles. The van der Waals surface area contributed by atoms with Crippen LogP contribution >= 0.6 is 22.9 Å². The van der Waals surface area contributed by atoms with E-state index in [0.29, 0.717) is 30.3 Å². The molecule has 0 fully saturated rings. The lowest BCUT2D eigenvalue weighted by atomic mass is 10.2. The van der Waals surface area contributed by atoms with Crippen LogP contribution in [0.4, 0.5) is 5.69 Å². The lowest BCUT2D eigenvalue weighted by molar-refractivity contribution is -0.385. The molecule has 0 spiro atoms. The second-order valence-electron chi connectivity index (χ2n) is 5.88. The summed E-state index contributed by atoms with van der Waals surface area (Å²) in [7, 11) is 1.57. The molecule has 0 aliphatic carbocycles. The Morgan fingerprint density at radius 3 is 2.83 bits per heavy atom. The fourth-order valence-electron chi connectivity index (χ4n) is 2.84. The first-order valence-corrected chi connectivity index (χ1v) is 9.92. The third-order valence-electron chi connectivity index (χ3n) is 4.13. The van der Waals surface area contributed by atoms with E-state index in [4.69, 9.17) is 21.1 Å². The van der Waals surface area contributed by atoms with Crippen LogP contribution in [0, 0.1) is 10.1 Å². The van der Waals surface area contributed by atoms with Crippen LogP contribution in [0.3, 0.4) is 0 Å². The topological polar surface area (TPSA) is 96.0 Å². The monoisotopic (exact) mass is 435 g/mol. The summed E-state index contributed by atoms with van der Waals surface area (Å²) >= 11 is 7.23. The minimum absolute atomic E-state index is 0.164. The summed E-state index contributed by atoms with van der Waals surface area (Å²) in [5, 5.41) is 11.5. The van der Waals surface area contributed by atoms with Gasteiger partial charge in [0.1, 0.15) is 16.8 Å². The summed E-state index contributed by atoms with van der Waals surface area (Å²) in [6.07, 6.45) is 0. The molecular formula is C19H18ClN3O5S. The zero-order valence-electron chi connectivity index (χ0n) is 15.8. The van der Waals surface area contributed by atoms with Gasteiger partial charge >= 0.3 is 0 Å². The van der Waals surface area contributed by atoms with E-state index in [9.17, 15) is 14.9 Å². The molecule has 3 rings (SSSR count). The quantitative estimate of drug-likeness (QED) is 0.317. The van der Waals surface area contributed by atoms with Gasteiger partial charge in [0.15, 0.2) is 4.80 Å². The predicted molar refractivity (Wildman–Crippen MR) is 111 cm³/mol. The number of nitro benzene ring substituents is 1. The molecule has 0 N–H and O–H groups in total. The number of methoxy groups -OCH3 is 1. The van der Waals surface area contributed by atoms with E-state index in [0.717, 1.165) is 10.2 Å². The van der Waals surface area contributed by atoms with Gasteiger partial charge in [-0.2, -0.15) is 4.99 Å². The molecule has 1 amide bonds. The standard InChI is InChI=1S/C19H18ClN3O5S/c1-3-28-10-9-22-17-15(27-2)5-4-6-16(17)29-19(22)21-18(24)13-11-12(20)7-8-14(13)23(25)26/h4-8,11H,3,9-10H2,1-2H3. The first-order valence-electron chi connectivity index (χ1n) is 8.73. The molecule has 0 bridgehead atoms. The molecule has 0 atom stereocenters. The molecule has 0 unspecified atom stereocenters. The van der Waals surface area contributed by atoms with Crippen molar-refractivity contribution in [1.29, 1.82) is 0 Å². The van der Waals surface area contributed by atoms with Crippen LogP contribution < -0.4 is 9.54 Å². The third kappa shape index (κ3) is 4.47. The van der Waals surface area contributed by atoms with Crippen molar-refractivity contribution in [2.24, 2.45) is 4.99 Å². The molecular weight excluding hydrogens is 418 g/mol. The van der Waals surface area contributed by atoms with Gasteiger partial charge in [0, 0.05) is 24.2 Å². The first kappa shape index (κ1) is 21.0. The second-order valence-corrected chi connectivity index (χ2v) is 7.32. The number of nitrogens with zero attached hydrogens (tertiary/aromatic N) is 3. The molecule has 2 aromatic carbocycles. The molecule has 1 aromatic heterocycles. The summed E-state index contributed by atoms with van der Waals surface area (Å²) in [5.74, 6) is -0.104. The molecule has 0 saturated carbocycles. The van der Waals surface area contributed by atoms with Crippen molar-refractivity contribution in [3.05, 3.63) is 61.9 Å². The molecule has 8 nitrogen and oxygen atoms in total. The number of hydrogen-bond donors (Lipinski definition) is 0. The van der Waals surface area contributed by atoms with Crippen LogP contribution in [0.1, 0.15) is 17.3 Å². The molecule has 152 valence electrons. The highest BCUT2D eigenvalue weighted by molar-refractivity contribution is 7.16. The van der Waals surface area contributed by atoms with Crippen molar-refractivity contribution in [2.75, 3.05) is 20.3 Å². The van der Waals surface area contributed by atoms with E-state index in [1.807, 2.05) is 29.7 Å². The Morgan fingerprint density at radius 1 is 1.34 bits per heavy atom. The van der Waals surface area contributed by atoms with Gasteiger partial charge < -0.3 is 14.0 Å². The number of ether oxygens (including phenoxy) is 2. The molecule has 0 radical (unpaired) electrons. The van der Waals surface area contributed by atoms with Gasteiger partial charge in [-0.05, 0) is 31.2 Å². The Labute approximate surface area is 175 Å². The van der Waals surface area contributed by atoms with Gasteiger partial charge in [0.25, 0.3) is 11.6 Å². The number of hydrogen-bond acceptors (Lipinski definition) is 6. The Morgan fingerprint density at radius 2 is 2.14 bits per heavy atom. The Balaban J connectivity index is 2.17. The van der Waals surface area contributed by atoms with Crippen LogP contribution in [0.5, 0.6) is 5.75 Å². The van der Waals surface area contributed by atoms with E-state index in [2.05, 4.69) is 4.99 Å². The van der Waals surface area contributed by atoms with Crippen molar-refractivity contribution in [1.82, 2.24) is 4.57 Å². The zero-order chi connectivity index (χ0) is 21.0. The van der Waals surface area contributed by atoms with Gasteiger partial charge in [0.05, 0.1) is 23.3 Å². The summed E-state index contributed by atoms with van der Waals surface area (Å²) in [4.78, 5) is 28.0. The van der Waals surface area contributed by atoms with Crippen molar-refractivity contribution < 1.29 is 19.2 Å². The van der Waals surface area contributed by atoms with Gasteiger partial charge in [-0.15, -0.1) is 0 Å². The average Bonchev–Trinajstić information content (AvgIpc) is 3.05. The number of aromatic nitrogens is 1. The van der Waals surface area contributed by atoms with Crippen LogP contribution in [0.25, 0.3) is 10.2 Å². The number of rotatable bonds is 7. The molecule has 0 aliphatic rings. The number of nitro groups is 1. The first-order chi connectivity index (χ1) is 14.0. The summed E-state index contributed by atoms with van der Waals surface area (Å²) in [5.41, 5.74) is 0.276. The summed E-state index contributed by atoms with van der Waals surface area (Å²) < 4.78 is 13.6. The second kappa shape index (κ2) is 9.17. The number of thiazole rings is 1. The number of para-hydroxylation sites is 1. The van der Waals surface area contributed by atoms with Crippen LogP contribution in [0.15, 0.2) is 41.4 Å². The Bertz CT molecular complexity index is 1140. The number of fused-ring (bicyclic) bond motifs is 1. The van der Waals surface area contributed by atoms with E-state index in [1.165, 1.54) is 29.5 Å². The minimum atomic E-state index is -0.741. The predicted octanol–water partition coefficient (Wildman–Crippen LogP) is 4.05. The highest BCUT2D eigenvalue weighted by Crippen LogP contribution is 2.28. The van der Waals surface area contributed by atoms with Crippen LogP contribution in [-0.2, 0) is 11.3 Å². The Kier molecular flexibility index (Phi) is 6.63.